The normalized spacial score (nSPS) is 11.7. The van der Waals surface area contributed by atoms with Crippen molar-refractivity contribution in [1.29, 1.82) is 0 Å². The van der Waals surface area contributed by atoms with Crippen molar-refractivity contribution in [1.82, 2.24) is 4.98 Å². The number of sulfonamides is 1. The van der Waals surface area contributed by atoms with Gasteiger partial charge in [0.1, 0.15) is 15.7 Å². The number of nitrogens with one attached hydrogen (secondary N) is 1. The van der Waals surface area contributed by atoms with Crippen LogP contribution in [0.2, 0.25) is 0 Å². The van der Waals surface area contributed by atoms with Gasteiger partial charge in [-0.05, 0) is 44.5 Å². The molecule has 0 atom stereocenters. The van der Waals surface area contributed by atoms with Gasteiger partial charge in [-0.2, -0.15) is 0 Å². The lowest BCUT2D eigenvalue weighted by atomic mass is 10.2. The van der Waals surface area contributed by atoms with Crippen LogP contribution in [-0.4, -0.2) is 13.4 Å². The Labute approximate surface area is 148 Å². The number of thiophene rings is 1. The first-order chi connectivity index (χ1) is 11.3. The van der Waals surface area contributed by atoms with E-state index in [1.54, 1.807) is 26.0 Å². The Kier molecular flexibility index (Phi) is 4.46. The van der Waals surface area contributed by atoms with Gasteiger partial charge in [-0.3, -0.25) is 4.72 Å². The van der Waals surface area contributed by atoms with Crippen LogP contribution in [0.5, 0.6) is 0 Å². The summed E-state index contributed by atoms with van der Waals surface area (Å²) in [6, 6.07) is 5.88. The maximum Gasteiger partial charge on any atom is 0.263 e. The fourth-order valence-electron chi connectivity index (χ4n) is 2.17. The maximum atomic E-state index is 13.6. The van der Waals surface area contributed by atoms with Crippen molar-refractivity contribution in [2.24, 2.45) is 0 Å². The molecule has 3 aromatic rings. The van der Waals surface area contributed by atoms with Crippen LogP contribution in [0.15, 0.2) is 34.5 Å². The number of benzene rings is 1. The summed E-state index contributed by atoms with van der Waals surface area (Å²) in [6.45, 7) is 5.27. The second kappa shape index (κ2) is 6.27. The molecule has 0 aliphatic heterocycles. The summed E-state index contributed by atoms with van der Waals surface area (Å²) < 4.78 is 41.3. The molecule has 0 saturated carbocycles. The molecule has 0 radical (unpaired) electrons. The maximum absolute atomic E-state index is 13.6. The first-order valence-electron chi connectivity index (χ1n) is 7.08. The van der Waals surface area contributed by atoms with E-state index >= 15 is 0 Å². The molecule has 126 valence electrons. The minimum atomic E-state index is -3.78. The van der Waals surface area contributed by atoms with E-state index in [0.717, 1.165) is 15.6 Å². The molecule has 0 spiro atoms. The number of anilines is 1. The predicted octanol–water partition coefficient (Wildman–Crippen LogP) is 4.74. The molecule has 4 nitrogen and oxygen atoms in total. The number of aryl methyl sites for hydroxylation is 3. The van der Waals surface area contributed by atoms with Gasteiger partial charge in [-0.1, -0.05) is 6.07 Å². The van der Waals surface area contributed by atoms with Crippen molar-refractivity contribution < 1.29 is 12.8 Å². The summed E-state index contributed by atoms with van der Waals surface area (Å²) >= 11 is 2.86. The number of hydrogen-bond acceptors (Lipinski definition) is 5. The Balaban J connectivity index is 1.95. The zero-order valence-corrected chi connectivity index (χ0v) is 15.7. The molecule has 0 unspecified atom stereocenters. The van der Waals surface area contributed by atoms with Crippen molar-refractivity contribution in [2.75, 3.05) is 4.72 Å². The third kappa shape index (κ3) is 3.35. The van der Waals surface area contributed by atoms with Crippen molar-refractivity contribution in [2.45, 2.75) is 25.7 Å². The minimum absolute atomic E-state index is 0.191. The van der Waals surface area contributed by atoms with Crippen LogP contribution < -0.4 is 4.72 Å². The SMILES string of the molecule is Cc1csc(-c2cc(S(=O)(=O)Nc3ccc(C)c(F)c3)c(C)s2)n1. The van der Waals surface area contributed by atoms with Gasteiger partial charge in [0.05, 0.1) is 10.6 Å². The molecule has 0 amide bonds. The lowest BCUT2D eigenvalue weighted by molar-refractivity contribution is 0.601. The number of hydrogen-bond donors (Lipinski definition) is 1. The first kappa shape index (κ1) is 17.1. The fourth-order valence-corrected chi connectivity index (χ4v) is 5.67. The van der Waals surface area contributed by atoms with E-state index in [-0.39, 0.29) is 10.6 Å². The molecule has 0 aliphatic rings. The first-order valence-corrected chi connectivity index (χ1v) is 10.3. The van der Waals surface area contributed by atoms with Gasteiger partial charge >= 0.3 is 0 Å². The number of rotatable bonds is 4. The molecule has 1 aromatic carbocycles. The van der Waals surface area contributed by atoms with Gasteiger partial charge in [-0.15, -0.1) is 22.7 Å². The van der Waals surface area contributed by atoms with E-state index < -0.39 is 15.8 Å². The number of halogens is 1. The number of nitrogens with zero attached hydrogens (tertiary/aromatic N) is 1. The molecule has 24 heavy (non-hydrogen) atoms. The van der Waals surface area contributed by atoms with Crippen molar-refractivity contribution in [3.63, 3.8) is 0 Å². The molecule has 2 aromatic heterocycles. The van der Waals surface area contributed by atoms with Gasteiger partial charge in [0.15, 0.2) is 0 Å². The Morgan fingerprint density at radius 2 is 1.92 bits per heavy atom. The number of aromatic nitrogens is 1. The largest absolute Gasteiger partial charge is 0.279 e. The minimum Gasteiger partial charge on any atom is -0.279 e. The van der Waals surface area contributed by atoms with Gasteiger partial charge in [0.25, 0.3) is 10.0 Å². The van der Waals surface area contributed by atoms with Crippen LogP contribution in [0, 0.1) is 26.6 Å². The Morgan fingerprint density at radius 1 is 1.17 bits per heavy atom. The third-order valence-electron chi connectivity index (χ3n) is 3.42. The summed E-state index contributed by atoms with van der Waals surface area (Å²) in [5.74, 6) is -0.448. The lowest BCUT2D eigenvalue weighted by Gasteiger charge is -2.08. The molecule has 0 aliphatic carbocycles. The van der Waals surface area contributed by atoms with Gasteiger partial charge < -0.3 is 0 Å². The summed E-state index contributed by atoms with van der Waals surface area (Å²) in [6.07, 6.45) is 0. The summed E-state index contributed by atoms with van der Waals surface area (Å²) in [7, 11) is -3.78. The Morgan fingerprint density at radius 3 is 2.54 bits per heavy atom. The van der Waals surface area contributed by atoms with Crippen molar-refractivity contribution >= 4 is 38.4 Å². The standard InChI is InChI=1S/C16H15FN2O2S3/c1-9-4-5-12(6-13(9)17)19-24(20,21)15-7-14(23-11(15)3)16-18-10(2)8-22-16/h4-8,19H,1-3H3. The van der Waals surface area contributed by atoms with Crippen LogP contribution in [-0.2, 0) is 10.0 Å². The average Bonchev–Trinajstić information content (AvgIpc) is 3.09. The van der Waals surface area contributed by atoms with E-state index in [4.69, 9.17) is 0 Å². The molecule has 1 N–H and O–H groups in total. The van der Waals surface area contributed by atoms with Crippen LogP contribution in [0.4, 0.5) is 10.1 Å². The molecule has 2 heterocycles. The quantitative estimate of drug-likeness (QED) is 0.709. The van der Waals surface area contributed by atoms with Crippen molar-refractivity contribution in [3.8, 4) is 9.88 Å². The van der Waals surface area contributed by atoms with Crippen molar-refractivity contribution in [3.05, 3.63) is 51.6 Å². The topological polar surface area (TPSA) is 59.1 Å². The molecule has 0 fully saturated rings. The van der Waals surface area contributed by atoms with E-state index in [1.165, 1.54) is 34.8 Å². The molecule has 8 heteroatoms. The summed E-state index contributed by atoms with van der Waals surface area (Å²) in [5.41, 5.74) is 1.57. The second-order valence-electron chi connectivity index (χ2n) is 5.39. The Bertz CT molecular complexity index is 1010. The molecular formula is C16H15FN2O2S3. The zero-order valence-electron chi connectivity index (χ0n) is 13.3. The predicted molar refractivity (Wildman–Crippen MR) is 96.8 cm³/mol. The molecule has 0 bridgehead atoms. The molecule has 3 rings (SSSR count). The Hall–Kier alpha value is -1.77. The average molecular weight is 383 g/mol. The molecule has 0 saturated heterocycles. The van der Waals surface area contributed by atoms with Gasteiger partial charge in [0, 0.05) is 16.0 Å². The highest BCUT2D eigenvalue weighted by atomic mass is 32.2. The van der Waals surface area contributed by atoms with Crippen LogP contribution in [0.3, 0.4) is 0 Å². The second-order valence-corrected chi connectivity index (χ2v) is 9.16. The van der Waals surface area contributed by atoms with Crippen LogP contribution >= 0.6 is 22.7 Å². The summed E-state index contributed by atoms with van der Waals surface area (Å²) in [4.78, 5) is 6.05. The highest BCUT2D eigenvalue weighted by Crippen LogP contribution is 2.35. The van der Waals surface area contributed by atoms with E-state index in [1.807, 2.05) is 12.3 Å². The van der Waals surface area contributed by atoms with E-state index in [0.29, 0.717) is 10.4 Å². The number of thiazole rings is 1. The molecular weight excluding hydrogens is 367 g/mol. The van der Waals surface area contributed by atoms with Gasteiger partial charge in [-0.25, -0.2) is 17.8 Å². The smallest absolute Gasteiger partial charge is 0.263 e. The van der Waals surface area contributed by atoms with Crippen LogP contribution in [0.1, 0.15) is 16.1 Å². The van der Waals surface area contributed by atoms with E-state index in [2.05, 4.69) is 9.71 Å². The van der Waals surface area contributed by atoms with Crippen LogP contribution in [0.25, 0.3) is 9.88 Å². The lowest BCUT2D eigenvalue weighted by Crippen LogP contribution is -2.13. The highest BCUT2D eigenvalue weighted by molar-refractivity contribution is 7.93. The van der Waals surface area contributed by atoms with E-state index in [9.17, 15) is 12.8 Å². The van der Waals surface area contributed by atoms with Gasteiger partial charge in [0.2, 0.25) is 0 Å². The highest BCUT2D eigenvalue weighted by Gasteiger charge is 2.22. The monoisotopic (exact) mass is 382 g/mol. The fraction of sp³-hybridized carbons (Fsp3) is 0.188. The third-order valence-corrected chi connectivity index (χ3v) is 7.23. The zero-order chi connectivity index (χ0) is 17.5. The summed E-state index contributed by atoms with van der Waals surface area (Å²) in [5, 5.41) is 2.72.